The van der Waals surface area contributed by atoms with Crippen molar-refractivity contribution < 1.29 is 8.78 Å². The molecule has 1 unspecified atom stereocenters. The van der Waals surface area contributed by atoms with Crippen LogP contribution in [0.5, 0.6) is 0 Å². The number of nitrogens with zero attached hydrogens (tertiary/aromatic N) is 1. The summed E-state index contributed by atoms with van der Waals surface area (Å²) in [7, 11) is 0. The van der Waals surface area contributed by atoms with Gasteiger partial charge in [-0.3, -0.25) is 0 Å². The Balaban J connectivity index is 0.000000236. The molecule has 0 aromatic heterocycles. The molecule has 388 valence electrons. The molecule has 0 amide bonds. The Morgan fingerprint density at radius 2 is 1.00 bits per heavy atom. The van der Waals surface area contributed by atoms with Crippen LogP contribution in [0.3, 0.4) is 0 Å². The number of aryl methyl sites for hydroxylation is 1. The molecule has 1 nitrogen and oxygen atoms in total. The number of benzene rings is 12. The molecule has 0 saturated carbocycles. The zero-order chi connectivity index (χ0) is 54.8. The Morgan fingerprint density at radius 1 is 0.481 bits per heavy atom. The second kappa shape index (κ2) is 18.6. The molecule has 0 N–H and O–H groups in total. The Labute approximate surface area is 463 Å². The van der Waals surface area contributed by atoms with E-state index >= 15 is 0 Å². The van der Waals surface area contributed by atoms with Crippen molar-refractivity contribution in [3.63, 3.8) is 0 Å². The van der Waals surface area contributed by atoms with E-state index in [1.807, 2.05) is 19.1 Å². The van der Waals surface area contributed by atoms with E-state index in [4.69, 9.17) is 0 Å². The van der Waals surface area contributed by atoms with Crippen molar-refractivity contribution >= 4 is 76.5 Å². The third kappa shape index (κ3) is 8.15. The first-order valence-corrected chi connectivity index (χ1v) is 28.0. The van der Waals surface area contributed by atoms with Gasteiger partial charge < -0.3 is 4.90 Å². The SMILES string of the molecule is C=C(C)c1cc(C(C)C)cc(N(c2ccc3c(c2)C(C)(C)c2c-3c3cccc4c5c(c6cccc2c6c34)-c2ccc(C)cc2C5(C)C)c2ccc3ccccc3c2)c1.CC(Cc1ccc2ccccc2c1)c1cc(F)cc(F)c1. The van der Waals surface area contributed by atoms with Gasteiger partial charge in [0.05, 0.1) is 0 Å². The highest BCUT2D eigenvalue weighted by molar-refractivity contribution is 6.33. The third-order valence-corrected chi connectivity index (χ3v) is 17.7. The summed E-state index contributed by atoms with van der Waals surface area (Å²) in [4.78, 5) is 2.47. The quantitative estimate of drug-likeness (QED) is 0.137. The summed E-state index contributed by atoms with van der Waals surface area (Å²) in [5.74, 6) is -0.593. The maximum atomic E-state index is 13.3. The fourth-order valence-electron chi connectivity index (χ4n) is 13.7. The molecule has 79 heavy (non-hydrogen) atoms. The van der Waals surface area contributed by atoms with E-state index in [0.29, 0.717) is 11.5 Å². The fraction of sp³-hybridized carbons (Fsp3) is 0.184. The molecule has 2 aliphatic carbocycles. The molecule has 0 aliphatic heterocycles. The molecule has 0 saturated heterocycles. The van der Waals surface area contributed by atoms with Gasteiger partial charge in [-0.15, -0.1) is 0 Å². The van der Waals surface area contributed by atoms with Crippen LogP contribution in [0.1, 0.15) is 117 Å². The van der Waals surface area contributed by atoms with Crippen LogP contribution in [-0.4, -0.2) is 0 Å². The van der Waals surface area contributed by atoms with Crippen LogP contribution in [0.15, 0.2) is 201 Å². The van der Waals surface area contributed by atoms with Crippen molar-refractivity contribution in [1.29, 1.82) is 0 Å². The molecule has 14 rings (SSSR count). The largest absolute Gasteiger partial charge is 0.310 e. The van der Waals surface area contributed by atoms with Crippen LogP contribution in [0, 0.1) is 18.6 Å². The van der Waals surface area contributed by atoms with Gasteiger partial charge in [0, 0.05) is 34.0 Å². The Kier molecular flexibility index (Phi) is 11.8. The van der Waals surface area contributed by atoms with E-state index in [-0.39, 0.29) is 16.7 Å². The summed E-state index contributed by atoms with van der Waals surface area (Å²) in [6.45, 7) is 25.1. The van der Waals surface area contributed by atoms with E-state index in [2.05, 4.69) is 231 Å². The van der Waals surface area contributed by atoms with Crippen LogP contribution in [0.25, 0.3) is 81.7 Å². The van der Waals surface area contributed by atoms with Gasteiger partial charge in [-0.1, -0.05) is 206 Å². The van der Waals surface area contributed by atoms with Crippen molar-refractivity contribution in [2.75, 3.05) is 4.90 Å². The lowest BCUT2D eigenvalue weighted by Crippen LogP contribution is -2.18. The molecule has 2 aliphatic rings. The van der Waals surface area contributed by atoms with Crippen molar-refractivity contribution in [3.8, 4) is 22.3 Å². The minimum Gasteiger partial charge on any atom is -0.310 e. The standard InChI is InChI=1S/C57H49N.C19H16F2/c1-32(2)37-27-38(33(3)4)30-41(29-37)58(39-22-21-35-14-10-11-15-36(35)28-39)40-23-25-43-49(31-40)57(8,9)55-47-19-12-16-44-50(47)51-45(53(43)55)17-13-18-46(51)54-52(44)42-24-20-34(5)26-48(42)56(54,6)7;1-13(17-10-18(20)12-19(21)11-17)8-14-6-7-15-4-2-3-5-16(15)9-14/h10-31,33H,1H2,2-9H3;2-7,9-13H,8H2,1H3. The van der Waals surface area contributed by atoms with Crippen LogP contribution >= 0.6 is 0 Å². The fourth-order valence-corrected chi connectivity index (χ4v) is 13.7. The van der Waals surface area contributed by atoms with Gasteiger partial charge in [0.25, 0.3) is 0 Å². The first-order chi connectivity index (χ1) is 38.0. The van der Waals surface area contributed by atoms with E-state index < -0.39 is 11.6 Å². The molecule has 0 spiro atoms. The van der Waals surface area contributed by atoms with E-state index in [1.54, 1.807) is 0 Å². The average Bonchev–Trinajstić information content (AvgIpc) is 2.63. The number of rotatable bonds is 8. The molecule has 3 heteroatoms. The zero-order valence-electron chi connectivity index (χ0n) is 46.7. The average molecular weight is 1030 g/mol. The number of halogens is 2. The molecular formula is C76H65F2N. The molecule has 1 atom stereocenters. The summed E-state index contributed by atoms with van der Waals surface area (Å²) in [6.07, 6.45) is 0.758. The predicted molar refractivity (Wildman–Crippen MR) is 333 cm³/mol. The highest BCUT2D eigenvalue weighted by Gasteiger charge is 2.43. The Bertz CT molecular complexity index is 4450. The van der Waals surface area contributed by atoms with Crippen LogP contribution < -0.4 is 4.90 Å². The molecule has 12 aromatic rings. The van der Waals surface area contributed by atoms with Gasteiger partial charge in [-0.05, 0) is 201 Å². The summed E-state index contributed by atoms with van der Waals surface area (Å²) >= 11 is 0. The minimum absolute atomic E-state index is 0.0661. The first-order valence-electron chi connectivity index (χ1n) is 28.0. The van der Waals surface area contributed by atoms with Crippen molar-refractivity contribution in [2.24, 2.45) is 0 Å². The summed E-state index contributed by atoms with van der Waals surface area (Å²) < 4.78 is 26.6. The normalized spacial score (nSPS) is 14.1. The highest BCUT2D eigenvalue weighted by atomic mass is 19.1. The Hall–Kier alpha value is -8.40. The molecule has 12 aromatic carbocycles. The summed E-state index contributed by atoms with van der Waals surface area (Å²) in [6, 6.07) is 69.4. The van der Waals surface area contributed by atoms with Crippen LogP contribution in [0.2, 0.25) is 0 Å². The summed E-state index contributed by atoms with van der Waals surface area (Å²) in [5, 5.41) is 13.2. The minimum atomic E-state index is -0.518. The number of hydrogen-bond acceptors (Lipinski definition) is 1. The monoisotopic (exact) mass is 1030 g/mol. The summed E-state index contributed by atoms with van der Waals surface area (Å²) in [5.41, 5.74) is 21.1. The van der Waals surface area contributed by atoms with Crippen molar-refractivity contribution in [2.45, 2.75) is 91.4 Å². The van der Waals surface area contributed by atoms with Gasteiger partial charge in [-0.2, -0.15) is 0 Å². The number of anilines is 3. The van der Waals surface area contributed by atoms with Crippen molar-refractivity contribution in [1.82, 2.24) is 0 Å². The van der Waals surface area contributed by atoms with Gasteiger partial charge in [0.15, 0.2) is 0 Å². The number of allylic oxidation sites excluding steroid dienone is 1. The number of fused-ring (bicyclic) bond motifs is 12. The second-order valence-corrected chi connectivity index (χ2v) is 24.1. The van der Waals surface area contributed by atoms with E-state index in [1.165, 1.54) is 133 Å². The topological polar surface area (TPSA) is 3.24 Å². The lowest BCUT2D eigenvalue weighted by Gasteiger charge is -2.30. The molecule has 0 heterocycles. The van der Waals surface area contributed by atoms with Gasteiger partial charge >= 0.3 is 0 Å². The van der Waals surface area contributed by atoms with Gasteiger partial charge in [0.1, 0.15) is 11.6 Å². The van der Waals surface area contributed by atoms with E-state index in [0.717, 1.165) is 35.1 Å². The molecular weight excluding hydrogens is 965 g/mol. The molecule has 0 fully saturated rings. The van der Waals surface area contributed by atoms with Crippen LogP contribution in [-0.2, 0) is 17.3 Å². The molecule has 0 radical (unpaired) electrons. The number of hydrogen-bond donors (Lipinski definition) is 0. The maximum absolute atomic E-state index is 13.3. The first kappa shape index (κ1) is 50.1. The van der Waals surface area contributed by atoms with Crippen LogP contribution in [0.4, 0.5) is 25.8 Å². The lowest BCUT2D eigenvalue weighted by atomic mass is 9.75. The maximum Gasteiger partial charge on any atom is 0.126 e. The van der Waals surface area contributed by atoms with Gasteiger partial charge in [0.2, 0.25) is 0 Å². The van der Waals surface area contributed by atoms with E-state index in [9.17, 15) is 8.78 Å². The Morgan fingerprint density at radius 3 is 1.59 bits per heavy atom. The molecule has 0 bridgehead atoms. The smallest absolute Gasteiger partial charge is 0.126 e. The third-order valence-electron chi connectivity index (χ3n) is 17.7. The van der Waals surface area contributed by atoms with Crippen molar-refractivity contribution in [3.05, 3.63) is 262 Å². The van der Waals surface area contributed by atoms with Gasteiger partial charge in [-0.25, -0.2) is 8.78 Å². The predicted octanol–water partition coefficient (Wildman–Crippen LogP) is 21.7. The highest BCUT2D eigenvalue weighted by Crippen LogP contribution is 2.61. The lowest BCUT2D eigenvalue weighted by molar-refractivity contribution is 0.574. The zero-order valence-corrected chi connectivity index (χ0v) is 46.7. The second-order valence-electron chi connectivity index (χ2n) is 24.1.